The average Bonchev–Trinajstić information content (AvgIpc) is 3.44. The van der Waals surface area contributed by atoms with Gasteiger partial charge in [0.15, 0.2) is 0 Å². The Morgan fingerprint density at radius 2 is 1.75 bits per heavy atom. The van der Waals surface area contributed by atoms with Gasteiger partial charge in [-0.15, -0.1) is 0 Å². The lowest BCUT2D eigenvalue weighted by molar-refractivity contribution is -0.135. The molecule has 3 rings (SSSR count). The molecule has 1 aliphatic heterocycles. The van der Waals surface area contributed by atoms with E-state index in [1.165, 1.54) is 0 Å². The molecule has 1 aromatic rings. The van der Waals surface area contributed by atoms with Crippen molar-refractivity contribution < 1.29 is 9.59 Å². The number of hydrogen-bond donors (Lipinski definition) is 2. The van der Waals surface area contributed by atoms with Gasteiger partial charge in [-0.2, -0.15) is 0 Å². The number of nitrogens with two attached hydrogens (primary N) is 1. The molecule has 1 heterocycles. The Balaban J connectivity index is 1.50. The quantitative estimate of drug-likeness (QED) is 0.824. The molecule has 0 spiro atoms. The molecule has 1 saturated heterocycles. The predicted octanol–water partition coefficient (Wildman–Crippen LogP) is 0.498. The molecule has 130 valence electrons. The Morgan fingerprint density at radius 1 is 1.12 bits per heavy atom. The van der Waals surface area contributed by atoms with E-state index in [9.17, 15) is 9.59 Å². The lowest BCUT2D eigenvalue weighted by Gasteiger charge is -2.38. The zero-order valence-electron chi connectivity index (χ0n) is 14.1. The normalized spacial score (nSPS) is 21.2. The van der Waals surface area contributed by atoms with Gasteiger partial charge in [-0.3, -0.25) is 14.5 Å². The van der Waals surface area contributed by atoms with Gasteiger partial charge >= 0.3 is 0 Å². The maximum absolute atomic E-state index is 12.6. The van der Waals surface area contributed by atoms with Gasteiger partial charge in [-0.25, -0.2) is 0 Å². The third kappa shape index (κ3) is 3.94. The van der Waals surface area contributed by atoms with Gasteiger partial charge < -0.3 is 16.0 Å². The van der Waals surface area contributed by atoms with Gasteiger partial charge in [-0.05, 0) is 25.3 Å². The first-order valence-corrected chi connectivity index (χ1v) is 8.70. The van der Waals surface area contributed by atoms with Crippen molar-refractivity contribution in [1.82, 2.24) is 15.1 Å². The van der Waals surface area contributed by atoms with Crippen molar-refractivity contribution >= 4 is 11.8 Å². The summed E-state index contributed by atoms with van der Waals surface area (Å²) in [7, 11) is 0. The van der Waals surface area contributed by atoms with Gasteiger partial charge in [0.25, 0.3) is 0 Å². The Morgan fingerprint density at radius 3 is 2.33 bits per heavy atom. The van der Waals surface area contributed by atoms with Crippen LogP contribution in [-0.4, -0.2) is 59.9 Å². The number of carbonyl (C=O) groups excluding carboxylic acids is 2. The topological polar surface area (TPSA) is 78.7 Å². The molecule has 1 aromatic carbocycles. The van der Waals surface area contributed by atoms with E-state index in [2.05, 4.69) is 10.2 Å². The van der Waals surface area contributed by atoms with Crippen molar-refractivity contribution in [3.8, 4) is 0 Å². The van der Waals surface area contributed by atoms with Crippen molar-refractivity contribution in [2.45, 2.75) is 37.9 Å². The van der Waals surface area contributed by atoms with Crippen LogP contribution in [0.15, 0.2) is 30.3 Å². The first-order valence-electron chi connectivity index (χ1n) is 8.70. The molecule has 1 saturated carbocycles. The monoisotopic (exact) mass is 330 g/mol. The van der Waals surface area contributed by atoms with E-state index in [1.807, 2.05) is 37.3 Å². The third-order valence-electron chi connectivity index (χ3n) is 4.90. The van der Waals surface area contributed by atoms with Crippen LogP contribution in [0.3, 0.4) is 0 Å². The number of carbonyl (C=O) groups is 2. The predicted molar refractivity (Wildman–Crippen MR) is 92.2 cm³/mol. The molecule has 3 N–H and O–H groups in total. The van der Waals surface area contributed by atoms with Crippen LogP contribution >= 0.6 is 0 Å². The summed E-state index contributed by atoms with van der Waals surface area (Å²) in [4.78, 5) is 28.7. The zero-order chi connectivity index (χ0) is 17.1. The number of amides is 2. The number of nitrogens with one attached hydrogen (secondary N) is 1. The van der Waals surface area contributed by atoms with E-state index in [0.29, 0.717) is 32.2 Å². The first-order chi connectivity index (χ1) is 11.6. The van der Waals surface area contributed by atoms with Crippen LogP contribution in [0.1, 0.15) is 31.4 Å². The molecule has 2 fully saturated rings. The largest absolute Gasteiger partial charge is 0.352 e. The lowest BCUT2D eigenvalue weighted by Crippen LogP contribution is -2.56. The maximum Gasteiger partial charge on any atom is 0.244 e. The number of benzene rings is 1. The summed E-state index contributed by atoms with van der Waals surface area (Å²) in [6.45, 7) is 4.56. The minimum absolute atomic E-state index is 0.0454. The number of piperazine rings is 1. The highest BCUT2D eigenvalue weighted by Crippen LogP contribution is 2.19. The summed E-state index contributed by atoms with van der Waals surface area (Å²) in [5.74, 6) is 0.0502. The molecule has 6 heteroatoms. The fraction of sp³-hybridized carbons (Fsp3) is 0.556. The van der Waals surface area contributed by atoms with Crippen LogP contribution in [0.25, 0.3) is 0 Å². The van der Waals surface area contributed by atoms with Crippen LogP contribution in [0.5, 0.6) is 0 Å². The van der Waals surface area contributed by atoms with Crippen LogP contribution in [0.2, 0.25) is 0 Å². The highest BCUT2D eigenvalue weighted by molar-refractivity contribution is 5.83. The van der Waals surface area contributed by atoms with Crippen LogP contribution in [0, 0.1) is 0 Å². The highest BCUT2D eigenvalue weighted by atomic mass is 16.2. The van der Waals surface area contributed by atoms with Gasteiger partial charge in [-0.1, -0.05) is 30.3 Å². The zero-order valence-corrected chi connectivity index (χ0v) is 14.1. The summed E-state index contributed by atoms with van der Waals surface area (Å²) in [5.41, 5.74) is 6.94. The van der Waals surface area contributed by atoms with E-state index in [4.69, 9.17) is 5.73 Å². The summed E-state index contributed by atoms with van der Waals surface area (Å²) in [6.07, 6.45) is 2.19. The smallest absolute Gasteiger partial charge is 0.244 e. The van der Waals surface area contributed by atoms with Crippen molar-refractivity contribution in [2.75, 3.05) is 26.2 Å². The van der Waals surface area contributed by atoms with E-state index in [1.54, 1.807) is 4.90 Å². The minimum atomic E-state index is -0.617. The van der Waals surface area contributed by atoms with Gasteiger partial charge in [0.1, 0.15) is 6.04 Å². The van der Waals surface area contributed by atoms with Gasteiger partial charge in [0, 0.05) is 32.2 Å². The summed E-state index contributed by atoms with van der Waals surface area (Å²) in [6, 6.07) is 9.06. The van der Waals surface area contributed by atoms with Crippen molar-refractivity contribution in [3.05, 3.63) is 35.9 Å². The lowest BCUT2D eigenvalue weighted by atomic mass is 10.1. The van der Waals surface area contributed by atoms with Crippen molar-refractivity contribution in [2.24, 2.45) is 5.73 Å². The molecule has 6 nitrogen and oxygen atoms in total. The Kier molecular flexibility index (Phi) is 5.16. The number of rotatable bonds is 5. The van der Waals surface area contributed by atoms with E-state index < -0.39 is 6.04 Å². The summed E-state index contributed by atoms with van der Waals surface area (Å²) in [5, 5.41) is 3.04. The second-order valence-electron chi connectivity index (χ2n) is 6.71. The highest BCUT2D eigenvalue weighted by Gasteiger charge is 2.32. The molecule has 1 aliphatic carbocycles. The fourth-order valence-electron chi connectivity index (χ4n) is 3.04. The molecule has 24 heavy (non-hydrogen) atoms. The fourth-order valence-corrected chi connectivity index (χ4v) is 3.04. The van der Waals surface area contributed by atoms with E-state index in [-0.39, 0.29) is 17.9 Å². The molecular formula is C18H26N4O2. The molecule has 0 radical (unpaired) electrons. The number of nitrogens with zero attached hydrogens (tertiary/aromatic N) is 2. The van der Waals surface area contributed by atoms with Crippen LogP contribution < -0.4 is 11.1 Å². The van der Waals surface area contributed by atoms with Crippen molar-refractivity contribution in [1.29, 1.82) is 0 Å². The standard InChI is InChI=1S/C18H26N4O2/c1-13(17(23)20-15-7-8-15)21-9-11-22(12-10-21)18(24)16(19)14-5-3-2-4-6-14/h2-6,13,15-16H,7-12,19H2,1H3,(H,20,23). The van der Waals surface area contributed by atoms with E-state index in [0.717, 1.165) is 18.4 Å². The molecule has 0 aromatic heterocycles. The summed E-state index contributed by atoms with van der Waals surface area (Å²) < 4.78 is 0. The minimum Gasteiger partial charge on any atom is -0.352 e. The second-order valence-corrected chi connectivity index (χ2v) is 6.71. The third-order valence-corrected chi connectivity index (χ3v) is 4.90. The molecule has 0 bridgehead atoms. The average molecular weight is 330 g/mol. The Labute approximate surface area is 143 Å². The number of hydrogen-bond acceptors (Lipinski definition) is 4. The second kappa shape index (κ2) is 7.32. The molecule has 2 amide bonds. The SMILES string of the molecule is CC(C(=O)NC1CC1)N1CCN(C(=O)C(N)c2ccccc2)CC1. The summed E-state index contributed by atoms with van der Waals surface area (Å²) >= 11 is 0. The molecule has 2 atom stereocenters. The maximum atomic E-state index is 12.6. The van der Waals surface area contributed by atoms with Gasteiger partial charge in [0.2, 0.25) is 11.8 Å². The Hall–Kier alpha value is -1.92. The van der Waals surface area contributed by atoms with Crippen molar-refractivity contribution in [3.63, 3.8) is 0 Å². The van der Waals surface area contributed by atoms with Crippen LogP contribution in [-0.2, 0) is 9.59 Å². The Bertz CT molecular complexity index is 580. The molecule has 2 aliphatic rings. The first kappa shape index (κ1) is 16.9. The molecule has 2 unspecified atom stereocenters. The van der Waals surface area contributed by atoms with E-state index >= 15 is 0 Å². The van der Waals surface area contributed by atoms with Gasteiger partial charge in [0.05, 0.1) is 6.04 Å². The van der Waals surface area contributed by atoms with Crippen LogP contribution in [0.4, 0.5) is 0 Å². The molecular weight excluding hydrogens is 304 g/mol.